The molecule has 5 rings (SSSR count). The summed E-state index contributed by atoms with van der Waals surface area (Å²) in [4.78, 5) is 13.3. The number of rotatable bonds is 10. The fourth-order valence-corrected chi connectivity index (χ4v) is 9.23. The van der Waals surface area contributed by atoms with E-state index in [1.807, 2.05) is 0 Å². The van der Waals surface area contributed by atoms with Gasteiger partial charge in [-0.1, -0.05) is 6.07 Å². The van der Waals surface area contributed by atoms with Crippen molar-refractivity contribution in [2.45, 2.75) is 44.6 Å². The number of hydrogen-bond donors (Lipinski definition) is 2. The number of piperidine rings is 1. The minimum Gasteiger partial charge on any atom is -0.486 e. The molecule has 0 saturated carbocycles. The fourth-order valence-electron chi connectivity index (χ4n) is 6.05. The van der Waals surface area contributed by atoms with Crippen molar-refractivity contribution in [2.24, 2.45) is 5.92 Å². The second kappa shape index (κ2) is 12.9. The number of fused-ring (bicyclic) bond motifs is 1. The first-order valence-corrected chi connectivity index (χ1v) is 17.4. The Morgan fingerprint density at radius 2 is 1.57 bits per heavy atom. The Balaban J connectivity index is 1.17. The van der Waals surface area contributed by atoms with Gasteiger partial charge in [0.1, 0.15) is 13.2 Å². The van der Waals surface area contributed by atoms with Crippen LogP contribution in [0.5, 0.6) is 11.5 Å². The number of amides is 1. The van der Waals surface area contributed by atoms with Gasteiger partial charge in [-0.2, -0.15) is 21.3 Å². The third-order valence-corrected chi connectivity index (χ3v) is 12.3. The molecule has 0 bridgehead atoms. The maximum atomic E-state index is 13.3. The van der Waals surface area contributed by atoms with Crippen LogP contribution in [0.4, 0.5) is 0 Å². The molecule has 1 atom stereocenters. The molecule has 224 valence electrons. The van der Waals surface area contributed by atoms with Crippen molar-refractivity contribution in [3.63, 3.8) is 0 Å². The molecule has 0 radical (unpaired) electrons. The molecule has 1 unspecified atom stereocenters. The van der Waals surface area contributed by atoms with Crippen molar-refractivity contribution in [3.8, 4) is 11.5 Å². The smallest absolute Gasteiger partial charge is 0.282 e. The molecule has 14 heteroatoms. The van der Waals surface area contributed by atoms with Crippen LogP contribution in [0, 0.1) is 5.92 Å². The van der Waals surface area contributed by atoms with Crippen LogP contribution >= 0.6 is 0 Å². The zero-order valence-electron chi connectivity index (χ0n) is 22.9. The van der Waals surface area contributed by atoms with E-state index >= 15 is 0 Å². The summed E-state index contributed by atoms with van der Waals surface area (Å²) in [6.45, 7) is 4.24. The Hall–Kier alpha value is -1.97. The number of hydrogen-bond acceptors (Lipinski definition) is 8. The zero-order valence-corrected chi connectivity index (χ0v) is 24.6. The molecule has 0 aliphatic carbocycles. The molecule has 1 amide bonds. The molecule has 40 heavy (non-hydrogen) atoms. The highest BCUT2D eigenvalue weighted by Gasteiger charge is 2.36. The molecule has 1 aromatic carbocycles. The van der Waals surface area contributed by atoms with Crippen LogP contribution in [0.3, 0.4) is 0 Å². The lowest BCUT2D eigenvalue weighted by molar-refractivity contribution is 0.0900. The van der Waals surface area contributed by atoms with Gasteiger partial charge >= 0.3 is 0 Å². The zero-order chi connectivity index (χ0) is 28.2. The van der Waals surface area contributed by atoms with Crippen LogP contribution < -0.4 is 20.1 Å². The Labute approximate surface area is 237 Å². The van der Waals surface area contributed by atoms with Gasteiger partial charge in [-0.25, -0.2) is 8.42 Å². The Morgan fingerprint density at radius 1 is 0.925 bits per heavy atom. The average Bonchev–Trinajstić information content (AvgIpc) is 3.53. The molecular formula is C26H41N5O7S2. The monoisotopic (exact) mass is 599 g/mol. The van der Waals surface area contributed by atoms with Gasteiger partial charge in [0.2, 0.25) is 10.0 Å². The summed E-state index contributed by atoms with van der Waals surface area (Å²) >= 11 is 0. The third-order valence-electron chi connectivity index (χ3n) is 8.31. The molecule has 3 saturated heterocycles. The normalized spacial score (nSPS) is 22.7. The van der Waals surface area contributed by atoms with E-state index < -0.39 is 20.2 Å². The van der Waals surface area contributed by atoms with Gasteiger partial charge in [-0.15, -0.1) is 0 Å². The van der Waals surface area contributed by atoms with Crippen molar-refractivity contribution in [3.05, 3.63) is 23.8 Å². The largest absolute Gasteiger partial charge is 0.486 e. The summed E-state index contributed by atoms with van der Waals surface area (Å²) in [5.74, 6) is 0.953. The van der Waals surface area contributed by atoms with Gasteiger partial charge in [-0.3, -0.25) is 4.79 Å². The maximum absolute atomic E-state index is 13.3. The van der Waals surface area contributed by atoms with Crippen LogP contribution in [-0.2, 0) is 20.2 Å². The summed E-state index contributed by atoms with van der Waals surface area (Å²) in [6, 6.07) is 5.09. The van der Waals surface area contributed by atoms with Gasteiger partial charge in [0.05, 0.1) is 11.3 Å². The first kappa shape index (κ1) is 29.5. The number of carbonyl (C=O) groups excluding carboxylic acids is 1. The molecule has 4 aliphatic rings. The number of nitrogens with zero attached hydrogens (tertiary/aromatic N) is 3. The minimum absolute atomic E-state index is 0.0408. The van der Waals surface area contributed by atoms with Crippen molar-refractivity contribution in [2.75, 3.05) is 71.3 Å². The summed E-state index contributed by atoms with van der Waals surface area (Å²) in [5.41, 5.74) is 0.422. The molecular weight excluding hydrogens is 558 g/mol. The maximum Gasteiger partial charge on any atom is 0.282 e. The van der Waals surface area contributed by atoms with Crippen LogP contribution in [0.2, 0.25) is 0 Å². The van der Waals surface area contributed by atoms with Crippen molar-refractivity contribution in [1.82, 2.24) is 23.5 Å². The van der Waals surface area contributed by atoms with E-state index in [1.54, 1.807) is 18.2 Å². The van der Waals surface area contributed by atoms with Gasteiger partial charge in [0.15, 0.2) is 11.5 Å². The number of benzene rings is 1. The molecule has 0 aromatic heterocycles. The lowest BCUT2D eigenvalue weighted by Crippen LogP contribution is -2.54. The Bertz CT molecular complexity index is 1240. The number of nitrogens with one attached hydrogen (secondary N) is 2. The molecule has 4 heterocycles. The fraction of sp³-hybridized carbons (Fsp3) is 0.731. The first-order chi connectivity index (χ1) is 19.3. The van der Waals surface area contributed by atoms with Gasteiger partial charge in [0.25, 0.3) is 16.1 Å². The van der Waals surface area contributed by atoms with E-state index in [9.17, 15) is 21.6 Å². The Kier molecular flexibility index (Phi) is 9.52. The second-order valence-corrected chi connectivity index (χ2v) is 14.9. The molecule has 12 nitrogen and oxygen atoms in total. The van der Waals surface area contributed by atoms with E-state index in [0.717, 1.165) is 38.8 Å². The molecule has 0 spiro atoms. The van der Waals surface area contributed by atoms with E-state index in [0.29, 0.717) is 56.2 Å². The number of para-hydroxylation sites is 1. The standard InChI is InChI=1S/C26H41N5O7S2/c32-26(22-5-3-7-24-25(22)38-19-18-37-24)28-23(21-8-10-27-11-9-21)6-4-20-39(33,34)29-14-16-31(17-15-29)40(35,36)30-12-1-2-13-30/h3,5,7,21,23,27H,1-2,4,6,8-20H2,(H,28,32). The van der Waals surface area contributed by atoms with Crippen LogP contribution in [0.25, 0.3) is 0 Å². The van der Waals surface area contributed by atoms with Gasteiger partial charge in [0, 0.05) is 45.3 Å². The SMILES string of the molecule is O=C(NC(CCCS(=O)(=O)N1CCN(S(=O)(=O)N2CCCC2)CC1)C1CCNCC1)c1cccc2c1OCCO2. The van der Waals surface area contributed by atoms with Crippen LogP contribution in [0.15, 0.2) is 18.2 Å². The summed E-state index contributed by atoms with van der Waals surface area (Å²) in [7, 11) is -7.08. The molecule has 3 fully saturated rings. The average molecular weight is 600 g/mol. The van der Waals surface area contributed by atoms with E-state index in [4.69, 9.17) is 9.47 Å². The van der Waals surface area contributed by atoms with E-state index in [2.05, 4.69) is 10.6 Å². The van der Waals surface area contributed by atoms with Crippen LogP contribution in [-0.4, -0.2) is 113 Å². The van der Waals surface area contributed by atoms with Gasteiger partial charge in [-0.05, 0) is 69.7 Å². The minimum atomic E-state index is -3.55. The molecule has 1 aromatic rings. The highest BCUT2D eigenvalue weighted by atomic mass is 32.2. The van der Waals surface area contributed by atoms with Crippen molar-refractivity contribution in [1.29, 1.82) is 0 Å². The lowest BCUT2D eigenvalue weighted by atomic mass is 9.87. The van der Waals surface area contributed by atoms with Gasteiger partial charge < -0.3 is 20.1 Å². The predicted octanol–water partition coefficient (Wildman–Crippen LogP) is 0.624. The molecule has 4 aliphatic heterocycles. The van der Waals surface area contributed by atoms with E-state index in [-0.39, 0.29) is 49.8 Å². The Morgan fingerprint density at radius 3 is 2.30 bits per heavy atom. The summed E-state index contributed by atoms with van der Waals surface area (Å²) in [5, 5.41) is 6.53. The number of piperazine rings is 1. The predicted molar refractivity (Wildman–Crippen MR) is 150 cm³/mol. The number of ether oxygens (including phenoxy) is 2. The summed E-state index contributed by atoms with van der Waals surface area (Å²) in [6.07, 6.45) is 4.46. The number of carbonyl (C=O) groups is 1. The summed E-state index contributed by atoms with van der Waals surface area (Å²) < 4.78 is 67.7. The van der Waals surface area contributed by atoms with Crippen molar-refractivity contribution >= 4 is 26.1 Å². The highest BCUT2D eigenvalue weighted by molar-refractivity contribution is 7.89. The van der Waals surface area contributed by atoms with Crippen molar-refractivity contribution < 1.29 is 31.1 Å². The highest BCUT2D eigenvalue weighted by Crippen LogP contribution is 2.34. The molecule has 2 N–H and O–H groups in total. The third kappa shape index (κ3) is 6.73. The lowest BCUT2D eigenvalue weighted by Gasteiger charge is -2.35. The first-order valence-electron chi connectivity index (χ1n) is 14.4. The van der Waals surface area contributed by atoms with Crippen LogP contribution in [0.1, 0.15) is 48.9 Å². The number of sulfonamides is 1. The topological polar surface area (TPSA) is 138 Å². The van der Waals surface area contributed by atoms with E-state index in [1.165, 1.54) is 12.9 Å². The quantitative estimate of drug-likeness (QED) is 0.400. The second-order valence-electron chi connectivity index (χ2n) is 10.9.